The van der Waals surface area contributed by atoms with Crippen LogP contribution in [0.25, 0.3) is 11.1 Å². The standard InChI is InChI=1S/C21H19NO4S/c1-13-8-10-16(11-9-13)17-14(2)27-19(18(17)20(23)24)22-21(25)26-12-15-6-4-3-5-7-15/h3-11H,12H2,1-2H3,(H,22,25)(H,23,24). The Bertz CT molecular complexity index is 962. The van der Waals surface area contributed by atoms with E-state index in [2.05, 4.69) is 5.32 Å². The zero-order valence-corrected chi connectivity index (χ0v) is 15.8. The number of anilines is 1. The Morgan fingerprint density at radius 3 is 2.33 bits per heavy atom. The quantitative estimate of drug-likeness (QED) is 0.614. The van der Waals surface area contributed by atoms with Crippen LogP contribution in [0.15, 0.2) is 54.6 Å². The topological polar surface area (TPSA) is 75.6 Å². The lowest BCUT2D eigenvalue weighted by Crippen LogP contribution is -2.14. The number of hydrogen-bond acceptors (Lipinski definition) is 4. The zero-order valence-electron chi connectivity index (χ0n) is 15.0. The van der Waals surface area contributed by atoms with Gasteiger partial charge in [-0.3, -0.25) is 5.32 Å². The van der Waals surface area contributed by atoms with Crippen LogP contribution in [0, 0.1) is 13.8 Å². The first-order chi connectivity index (χ1) is 13.0. The van der Waals surface area contributed by atoms with Crippen molar-refractivity contribution < 1.29 is 19.4 Å². The molecule has 138 valence electrons. The van der Waals surface area contributed by atoms with Crippen LogP contribution in [0.1, 0.15) is 26.4 Å². The fraction of sp³-hybridized carbons (Fsp3) is 0.143. The minimum atomic E-state index is -1.09. The number of rotatable bonds is 5. The van der Waals surface area contributed by atoms with Gasteiger partial charge < -0.3 is 9.84 Å². The molecule has 0 fully saturated rings. The SMILES string of the molecule is Cc1ccc(-c2c(C)sc(NC(=O)OCc3ccccc3)c2C(=O)O)cc1. The maximum atomic E-state index is 12.1. The van der Waals surface area contributed by atoms with Crippen molar-refractivity contribution in [1.29, 1.82) is 0 Å². The van der Waals surface area contributed by atoms with E-state index in [9.17, 15) is 14.7 Å². The van der Waals surface area contributed by atoms with Crippen molar-refractivity contribution in [3.63, 3.8) is 0 Å². The molecule has 0 saturated heterocycles. The second-order valence-electron chi connectivity index (χ2n) is 6.10. The molecule has 1 aromatic heterocycles. The van der Waals surface area contributed by atoms with Gasteiger partial charge in [0.15, 0.2) is 0 Å². The predicted molar refractivity (Wildman–Crippen MR) is 106 cm³/mol. The van der Waals surface area contributed by atoms with E-state index in [1.54, 1.807) is 0 Å². The van der Waals surface area contributed by atoms with Gasteiger partial charge in [0.2, 0.25) is 0 Å². The van der Waals surface area contributed by atoms with Crippen molar-refractivity contribution >= 4 is 28.4 Å². The fourth-order valence-corrected chi connectivity index (χ4v) is 3.81. The number of thiophene rings is 1. The molecule has 1 amide bonds. The van der Waals surface area contributed by atoms with Crippen LogP contribution in [0.5, 0.6) is 0 Å². The molecular weight excluding hydrogens is 362 g/mol. The molecule has 6 heteroatoms. The Kier molecular flexibility index (Phi) is 5.57. The third-order valence-corrected chi connectivity index (χ3v) is 5.09. The molecule has 0 aliphatic rings. The second-order valence-corrected chi connectivity index (χ2v) is 7.32. The van der Waals surface area contributed by atoms with E-state index in [4.69, 9.17) is 4.74 Å². The molecule has 27 heavy (non-hydrogen) atoms. The van der Waals surface area contributed by atoms with Gasteiger partial charge in [-0.2, -0.15) is 0 Å². The number of carboxylic acids is 1. The molecule has 3 aromatic rings. The number of amides is 1. The van der Waals surface area contributed by atoms with E-state index in [0.29, 0.717) is 5.56 Å². The lowest BCUT2D eigenvalue weighted by atomic mass is 10.0. The normalized spacial score (nSPS) is 10.4. The van der Waals surface area contributed by atoms with Gasteiger partial charge in [0.25, 0.3) is 0 Å². The molecule has 0 atom stereocenters. The van der Waals surface area contributed by atoms with Crippen molar-refractivity contribution in [3.05, 3.63) is 76.2 Å². The molecule has 0 aliphatic carbocycles. The number of nitrogens with one attached hydrogen (secondary N) is 1. The van der Waals surface area contributed by atoms with Gasteiger partial charge in [-0.25, -0.2) is 9.59 Å². The lowest BCUT2D eigenvalue weighted by molar-refractivity contribution is 0.0699. The van der Waals surface area contributed by atoms with Crippen molar-refractivity contribution in [1.82, 2.24) is 0 Å². The summed E-state index contributed by atoms with van der Waals surface area (Å²) in [7, 11) is 0. The Balaban J connectivity index is 1.83. The van der Waals surface area contributed by atoms with E-state index in [1.165, 1.54) is 11.3 Å². The minimum Gasteiger partial charge on any atom is -0.478 e. The summed E-state index contributed by atoms with van der Waals surface area (Å²) in [5.74, 6) is -1.09. The summed E-state index contributed by atoms with van der Waals surface area (Å²) < 4.78 is 5.20. The maximum Gasteiger partial charge on any atom is 0.412 e. The molecule has 1 heterocycles. The van der Waals surface area contributed by atoms with Gasteiger partial charge in [-0.05, 0) is 25.0 Å². The zero-order chi connectivity index (χ0) is 19.4. The number of ether oxygens (including phenoxy) is 1. The van der Waals surface area contributed by atoms with Crippen LogP contribution in [-0.4, -0.2) is 17.2 Å². The Labute approximate surface area is 161 Å². The Hall–Kier alpha value is -3.12. The monoisotopic (exact) mass is 381 g/mol. The van der Waals surface area contributed by atoms with Crippen molar-refractivity contribution in [3.8, 4) is 11.1 Å². The van der Waals surface area contributed by atoms with E-state index in [-0.39, 0.29) is 17.2 Å². The minimum absolute atomic E-state index is 0.0815. The number of carboxylic acid groups (broad SMARTS) is 1. The first-order valence-corrected chi connectivity index (χ1v) is 9.19. The lowest BCUT2D eigenvalue weighted by Gasteiger charge is -2.08. The van der Waals surface area contributed by atoms with E-state index < -0.39 is 12.1 Å². The summed E-state index contributed by atoms with van der Waals surface area (Å²) in [6, 6.07) is 16.9. The highest BCUT2D eigenvalue weighted by molar-refractivity contribution is 7.17. The summed E-state index contributed by atoms with van der Waals surface area (Å²) in [4.78, 5) is 24.8. The van der Waals surface area contributed by atoms with Gasteiger partial charge in [0.1, 0.15) is 17.2 Å². The van der Waals surface area contributed by atoms with Crippen LogP contribution in [0.2, 0.25) is 0 Å². The molecule has 0 bridgehead atoms. The highest BCUT2D eigenvalue weighted by Gasteiger charge is 2.24. The number of aryl methyl sites for hydroxylation is 2. The number of carbonyl (C=O) groups excluding carboxylic acids is 1. The third kappa shape index (κ3) is 4.35. The average Bonchev–Trinajstić information content (AvgIpc) is 2.97. The summed E-state index contributed by atoms with van der Waals surface area (Å²) in [6.45, 7) is 3.93. The highest BCUT2D eigenvalue weighted by Crippen LogP contribution is 2.40. The van der Waals surface area contributed by atoms with Gasteiger partial charge in [0, 0.05) is 10.4 Å². The van der Waals surface area contributed by atoms with Gasteiger partial charge in [-0.15, -0.1) is 11.3 Å². The number of benzene rings is 2. The average molecular weight is 381 g/mol. The van der Waals surface area contributed by atoms with E-state index >= 15 is 0 Å². The summed E-state index contributed by atoms with van der Waals surface area (Å²) in [5, 5.41) is 12.6. The van der Waals surface area contributed by atoms with Crippen molar-refractivity contribution in [2.75, 3.05) is 5.32 Å². The van der Waals surface area contributed by atoms with Gasteiger partial charge in [0.05, 0.1) is 0 Å². The molecule has 0 saturated carbocycles. The molecule has 0 radical (unpaired) electrons. The highest BCUT2D eigenvalue weighted by atomic mass is 32.1. The van der Waals surface area contributed by atoms with Crippen molar-refractivity contribution in [2.24, 2.45) is 0 Å². The van der Waals surface area contributed by atoms with Crippen LogP contribution < -0.4 is 5.32 Å². The Morgan fingerprint density at radius 2 is 1.70 bits per heavy atom. The third-order valence-electron chi connectivity index (χ3n) is 4.07. The smallest absolute Gasteiger partial charge is 0.412 e. The summed E-state index contributed by atoms with van der Waals surface area (Å²) in [5.41, 5.74) is 3.45. The van der Waals surface area contributed by atoms with Gasteiger partial charge in [-0.1, -0.05) is 60.2 Å². The second kappa shape index (κ2) is 8.05. The van der Waals surface area contributed by atoms with Crippen LogP contribution in [0.4, 0.5) is 9.80 Å². The molecule has 2 aromatic carbocycles. The number of aromatic carboxylic acids is 1. The molecule has 0 aliphatic heterocycles. The number of carbonyl (C=O) groups is 2. The summed E-state index contributed by atoms with van der Waals surface area (Å²) >= 11 is 1.23. The molecule has 2 N–H and O–H groups in total. The molecule has 0 unspecified atom stereocenters. The summed E-state index contributed by atoms with van der Waals surface area (Å²) in [6.07, 6.45) is -0.682. The maximum absolute atomic E-state index is 12.1. The first kappa shape index (κ1) is 18.7. The molecular formula is C21H19NO4S. The van der Waals surface area contributed by atoms with E-state index in [0.717, 1.165) is 21.6 Å². The first-order valence-electron chi connectivity index (χ1n) is 8.37. The number of hydrogen-bond donors (Lipinski definition) is 2. The largest absolute Gasteiger partial charge is 0.478 e. The van der Waals surface area contributed by atoms with Crippen molar-refractivity contribution in [2.45, 2.75) is 20.5 Å². The predicted octanol–water partition coefficient (Wildman–Crippen LogP) is 5.48. The molecule has 5 nitrogen and oxygen atoms in total. The van der Waals surface area contributed by atoms with Crippen LogP contribution >= 0.6 is 11.3 Å². The molecule has 0 spiro atoms. The van der Waals surface area contributed by atoms with Crippen LogP contribution in [0.3, 0.4) is 0 Å². The van der Waals surface area contributed by atoms with Gasteiger partial charge >= 0.3 is 12.1 Å². The fourth-order valence-electron chi connectivity index (χ4n) is 2.76. The van der Waals surface area contributed by atoms with E-state index in [1.807, 2.05) is 68.4 Å². The molecule has 3 rings (SSSR count). The van der Waals surface area contributed by atoms with Crippen LogP contribution in [-0.2, 0) is 11.3 Å². The Morgan fingerprint density at radius 1 is 1.04 bits per heavy atom.